The SMILES string of the molecule is CCCCN(C(=O)CNc1cccc(C(C)OC)c1)c1c(N)n(Cc2ccccc2)c(=O)[nH]c1=O. The van der Waals surface area contributed by atoms with E-state index in [1.165, 1.54) is 9.47 Å². The molecule has 3 aromatic rings. The fourth-order valence-electron chi connectivity index (χ4n) is 3.75. The number of unbranched alkanes of at least 4 members (excludes halogenated alkanes) is 1. The number of carbonyl (C=O) groups is 1. The number of amides is 1. The summed E-state index contributed by atoms with van der Waals surface area (Å²) in [7, 11) is 1.64. The molecular weight excluding hydrogens is 446 g/mol. The standard InChI is InChI=1S/C26H33N5O4/c1-4-5-14-30(22(32)16-28-21-13-9-12-20(15-21)18(2)35-3)23-24(27)31(26(34)29-25(23)33)17-19-10-7-6-8-11-19/h6-13,15,18,28H,4-5,14,16-17,27H2,1-3H3,(H,29,33,34). The normalized spacial score (nSPS) is 11.7. The fraction of sp³-hybridized carbons (Fsp3) is 0.346. The van der Waals surface area contributed by atoms with Crippen molar-refractivity contribution in [1.29, 1.82) is 0 Å². The van der Waals surface area contributed by atoms with Crippen molar-refractivity contribution in [3.8, 4) is 0 Å². The molecule has 1 amide bonds. The zero-order chi connectivity index (χ0) is 25.4. The van der Waals surface area contributed by atoms with Crippen LogP contribution in [0.3, 0.4) is 0 Å². The van der Waals surface area contributed by atoms with Crippen molar-refractivity contribution < 1.29 is 9.53 Å². The molecular formula is C26H33N5O4. The van der Waals surface area contributed by atoms with Crippen molar-refractivity contribution in [1.82, 2.24) is 9.55 Å². The number of carbonyl (C=O) groups excluding carboxylic acids is 1. The molecule has 9 nitrogen and oxygen atoms in total. The largest absolute Gasteiger partial charge is 0.383 e. The van der Waals surface area contributed by atoms with Crippen molar-refractivity contribution in [2.75, 3.05) is 36.1 Å². The van der Waals surface area contributed by atoms with Crippen LogP contribution < -0.4 is 27.2 Å². The van der Waals surface area contributed by atoms with Crippen LogP contribution >= 0.6 is 0 Å². The second-order valence-corrected chi connectivity index (χ2v) is 8.32. The first-order valence-corrected chi connectivity index (χ1v) is 11.7. The lowest BCUT2D eigenvalue weighted by Gasteiger charge is -2.25. The van der Waals surface area contributed by atoms with E-state index >= 15 is 0 Å². The second kappa shape index (κ2) is 12.0. The Bertz CT molecular complexity index is 1250. The van der Waals surface area contributed by atoms with Crippen molar-refractivity contribution in [2.45, 2.75) is 39.3 Å². The minimum absolute atomic E-state index is 0.0115. The minimum atomic E-state index is -0.683. The molecule has 0 aliphatic carbocycles. The van der Waals surface area contributed by atoms with E-state index in [4.69, 9.17) is 10.5 Å². The molecule has 186 valence electrons. The summed E-state index contributed by atoms with van der Waals surface area (Å²) < 4.78 is 6.64. The first-order valence-electron chi connectivity index (χ1n) is 11.7. The smallest absolute Gasteiger partial charge is 0.330 e. The van der Waals surface area contributed by atoms with Crippen LogP contribution in [0.5, 0.6) is 0 Å². The number of hydrogen-bond acceptors (Lipinski definition) is 6. The van der Waals surface area contributed by atoms with E-state index in [2.05, 4.69) is 10.3 Å². The van der Waals surface area contributed by atoms with Gasteiger partial charge in [0.25, 0.3) is 5.56 Å². The summed E-state index contributed by atoms with van der Waals surface area (Å²) in [6.07, 6.45) is 1.40. The number of aromatic nitrogens is 2. The molecule has 4 N–H and O–H groups in total. The Morgan fingerprint density at radius 1 is 1.17 bits per heavy atom. The van der Waals surface area contributed by atoms with Gasteiger partial charge in [-0.1, -0.05) is 55.8 Å². The lowest BCUT2D eigenvalue weighted by molar-refractivity contribution is -0.117. The van der Waals surface area contributed by atoms with Gasteiger partial charge in [-0.3, -0.25) is 19.1 Å². The number of H-pyrrole nitrogens is 1. The van der Waals surface area contributed by atoms with Gasteiger partial charge in [-0.25, -0.2) is 4.79 Å². The molecule has 3 rings (SSSR count). The van der Waals surface area contributed by atoms with Gasteiger partial charge in [-0.15, -0.1) is 0 Å². The summed E-state index contributed by atoms with van der Waals surface area (Å²) >= 11 is 0. The van der Waals surface area contributed by atoms with E-state index in [1.54, 1.807) is 7.11 Å². The number of methoxy groups -OCH3 is 1. The number of nitrogens with two attached hydrogens (primary N) is 1. The molecule has 0 bridgehead atoms. The number of rotatable bonds is 11. The first kappa shape index (κ1) is 25.8. The van der Waals surface area contributed by atoms with E-state index < -0.39 is 11.2 Å². The maximum atomic E-state index is 13.3. The summed E-state index contributed by atoms with van der Waals surface area (Å²) in [5, 5.41) is 3.13. The van der Waals surface area contributed by atoms with Crippen LogP contribution in [-0.4, -0.2) is 35.7 Å². The monoisotopic (exact) mass is 479 g/mol. The maximum absolute atomic E-state index is 13.3. The summed E-state index contributed by atoms with van der Waals surface area (Å²) in [5.74, 6) is -0.367. The average molecular weight is 480 g/mol. The van der Waals surface area contributed by atoms with Crippen LogP contribution in [-0.2, 0) is 16.1 Å². The van der Waals surface area contributed by atoms with Gasteiger partial charge in [0.05, 0.1) is 19.2 Å². The molecule has 0 saturated heterocycles. The molecule has 1 heterocycles. The predicted octanol–water partition coefficient (Wildman–Crippen LogP) is 3.12. The van der Waals surface area contributed by atoms with Gasteiger partial charge >= 0.3 is 5.69 Å². The third-order valence-corrected chi connectivity index (χ3v) is 5.86. The van der Waals surface area contributed by atoms with Gasteiger partial charge in [0.2, 0.25) is 5.91 Å². The van der Waals surface area contributed by atoms with Gasteiger partial charge in [0.15, 0.2) is 5.69 Å². The Hall–Kier alpha value is -3.85. The summed E-state index contributed by atoms with van der Waals surface area (Å²) in [6.45, 7) is 4.36. The van der Waals surface area contributed by atoms with Crippen LogP contribution in [0.4, 0.5) is 17.2 Å². The van der Waals surface area contributed by atoms with Crippen LogP contribution in [0.2, 0.25) is 0 Å². The van der Waals surface area contributed by atoms with Gasteiger partial charge in [-0.05, 0) is 36.6 Å². The predicted molar refractivity (Wildman–Crippen MR) is 139 cm³/mol. The average Bonchev–Trinajstić information content (AvgIpc) is 2.87. The maximum Gasteiger partial charge on any atom is 0.330 e. The van der Waals surface area contributed by atoms with Crippen LogP contribution in [0.15, 0.2) is 64.2 Å². The van der Waals surface area contributed by atoms with E-state index in [0.29, 0.717) is 13.0 Å². The molecule has 0 saturated carbocycles. The van der Waals surface area contributed by atoms with E-state index in [9.17, 15) is 14.4 Å². The van der Waals surface area contributed by atoms with Crippen LogP contribution in [0.25, 0.3) is 0 Å². The molecule has 0 aliphatic rings. The Morgan fingerprint density at radius 2 is 1.91 bits per heavy atom. The number of aromatic amines is 1. The number of nitrogens with one attached hydrogen (secondary N) is 2. The molecule has 1 atom stereocenters. The molecule has 2 aromatic carbocycles. The highest BCUT2D eigenvalue weighted by Crippen LogP contribution is 2.21. The molecule has 9 heteroatoms. The summed E-state index contributed by atoms with van der Waals surface area (Å²) in [6, 6.07) is 16.9. The van der Waals surface area contributed by atoms with Gasteiger partial charge in [0, 0.05) is 19.3 Å². The zero-order valence-corrected chi connectivity index (χ0v) is 20.4. The first-order chi connectivity index (χ1) is 16.8. The van der Waals surface area contributed by atoms with Crippen molar-refractivity contribution in [3.05, 3.63) is 86.6 Å². The Kier molecular flexibility index (Phi) is 8.86. The highest BCUT2D eigenvalue weighted by atomic mass is 16.5. The number of hydrogen-bond donors (Lipinski definition) is 3. The quantitative estimate of drug-likeness (QED) is 0.388. The minimum Gasteiger partial charge on any atom is -0.383 e. The molecule has 35 heavy (non-hydrogen) atoms. The number of benzene rings is 2. The zero-order valence-electron chi connectivity index (χ0n) is 20.4. The van der Waals surface area contributed by atoms with Crippen molar-refractivity contribution >= 4 is 23.1 Å². The fourth-order valence-corrected chi connectivity index (χ4v) is 3.75. The molecule has 0 radical (unpaired) electrons. The third kappa shape index (κ3) is 6.39. The van der Waals surface area contributed by atoms with Crippen molar-refractivity contribution in [3.63, 3.8) is 0 Å². The van der Waals surface area contributed by atoms with Crippen LogP contribution in [0, 0.1) is 0 Å². The van der Waals surface area contributed by atoms with Gasteiger partial charge in [0.1, 0.15) is 5.82 Å². The van der Waals surface area contributed by atoms with Crippen molar-refractivity contribution in [2.24, 2.45) is 0 Å². The number of nitrogen functional groups attached to an aromatic ring is 1. The van der Waals surface area contributed by atoms with E-state index in [0.717, 1.165) is 23.2 Å². The Balaban J connectivity index is 1.90. The highest BCUT2D eigenvalue weighted by Gasteiger charge is 2.24. The van der Waals surface area contributed by atoms with Gasteiger partial charge < -0.3 is 20.7 Å². The van der Waals surface area contributed by atoms with E-state index in [-0.39, 0.29) is 36.6 Å². The molecule has 0 fully saturated rings. The topological polar surface area (TPSA) is 122 Å². The molecule has 1 aromatic heterocycles. The summed E-state index contributed by atoms with van der Waals surface area (Å²) in [4.78, 5) is 42.4. The highest BCUT2D eigenvalue weighted by molar-refractivity contribution is 5.98. The Labute approximate surface area is 204 Å². The molecule has 1 unspecified atom stereocenters. The lowest BCUT2D eigenvalue weighted by Crippen LogP contribution is -2.43. The molecule has 0 aliphatic heterocycles. The van der Waals surface area contributed by atoms with Crippen LogP contribution in [0.1, 0.15) is 43.9 Å². The summed E-state index contributed by atoms with van der Waals surface area (Å²) in [5.41, 5.74) is 7.59. The Morgan fingerprint density at radius 3 is 2.60 bits per heavy atom. The number of anilines is 3. The lowest BCUT2D eigenvalue weighted by atomic mass is 10.1. The second-order valence-electron chi connectivity index (χ2n) is 8.32. The molecule has 0 spiro atoms. The van der Waals surface area contributed by atoms with Gasteiger partial charge in [-0.2, -0.15) is 0 Å². The van der Waals surface area contributed by atoms with E-state index in [1.807, 2.05) is 68.4 Å². The number of nitrogens with zero attached hydrogens (tertiary/aromatic N) is 2. The number of ether oxygens (including phenoxy) is 1. The third-order valence-electron chi connectivity index (χ3n) is 5.86.